The van der Waals surface area contributed by atoms with Crippen LogP contribution in [0.5, 0.6) is 0 Å². The van der Waals surface area contributed by atoms with Gasteiger partial charge in [0.1, 0.15) is 13.2 Å². The van der Waals surface area contributed by atoms with Gasteiger partial charge in [-0.25, -0.2) is 8.78 Å². The van der Waals surface area contributed by atoms with Gasteiger partial charge >= 0.3 is 0 Å². The van der Waals surface area contributed by atoms with Gasteiger partial charge < -0.3 is 4.74 Å². The minimum atomic E-state index is -2.53. The third-order valence-electron chi connectivity index (χ3n) is 1.64. The molecule has 0 aromatic heterocycles. The lowest BCUT2D eigenvalue weighted by Crippen LogP contribution is -2.13. The summed E-state index contributed by atoms with van der Waals surface area (Å²) in [5, 5.41) is 0. The van der Waals surface area contributed by atoms with Crippen molar-refractivity contribution in [2.45, 2.75) is 6.43 Å². The molecule has 0 fully saturated rings. The Morgan fingerprint density at radius 1 is 1.33 bits per heavy atom. The van der Waals surface area contributed by atoms with E-state index in [1.807, 2.05) is 0 Å². The Bertz CT molecular complexity index is 325. The van der Waals surface area contributed by atoms with Crippen LogP contribution in [0.3, 0.4) is 0 Å². The van der Waals surface area contributed by atoms with Gasteiger partial charge in [-0.05, 0) is 34.7 Å². The van der Waals surface area contributed by atoms with Crippen LogP contribution >= 0.6 is 22.6 Å². The fourth-order valence-corrected chi connectivity index (χ4v) is 1.32. The first-order valence-electron chi connectivity index (χ1n) is 4.24. The second kappa shape index (κ2) is 6.12. The van der Waals surface area contributed by atoms with E-state index in [9.17, 15) is 13.6 Å². The summed E-state index contributed by atoms with van der Waals surface area (Å²) in [5.74, 6) is -0.285. The molecule has 0 saturated carbocycles. The van der Waals surface area contributed by atoms with Crippen molar-refractivity contribution >= 4 is 28.4 Å². The van der Waals surface area contributed by atoms with Crippen LogP contribution in [0.15, 0.2) is 24.3 Å². The van der Waals surface area contributed by atoms with E-state index in [0.29, 0.717) is 5.56 Å². The second-order valence-electron chi connectivity index (χ2n) is 2.84. The molecule has 0 aliphatic heterocycles. The first-order valence-corrected chi connectivity index (χ1v) is 5.32. The summed E-state index contributed by atoms with van der Waals surface area (Å²) in [6, 6.07) is 6.85. The minimum Gasteiger partial charge on any atom is -0.367 e. The summed E-state index contributed by atoms with van der Waals surface area (Å²) in [7, 11) is 0. The highest BCUT2D eigenvalue weighted by Crippen LogP contribution is 2.07. The summed E-state index contributed by atoms with van der Waals surface area (Å²) in [5.41, 5.74) is 0.477. The van der Waals surface area contributed by atoms with Crippen LogP contribution in [-0.4, -0.2) is 25.4 Å². The molecule has 5 heteroatoms. The van der Waals surface area contributed by atoms with Crippen molar-refractivity contribution in [2.24, 2.45) is 0 Å². The molecule has 0 heterocycles. The molecule has 0 bridgehead atoms. The van der Waals surface area contributed by atoms with Gasteiger partial charge in [0.2, 0.25) is 0 Å². The predicted octanol–water partition coefficient (Wildman–Crippen LogP) is 2.76. The van der Waals surface area contributed by atoms with Crippen molar-refractivity contribution < 1.29 is 18.3 Å². The van der Waals surface area contributed by atoms with Crippen molar-refractivity contribution in [1.82, 2.24) is 0 Å². The van der Waals surface area contributed by atoms with E-state index < -0.39 is 13.0 Å². The van der Waals surface area contributed by atoms with E-state index in [1.165, 1.54) is 0 Å². The van der Waals surface area contributed by atoms with Gasteiger partial charge in [0.15, 0.2) is 5.78 Å². The largest absolute Gasteiger partial charge is 0.367 e. The molecule has 0 saturated heterocycles. The number of carbonyl (C=O) groups is 1. The number of Topliss-reactive ketones (excluding diaryl/α,β-unsaturated/α-hetero) is 1. The number of benzene rings is 1. The average Bonchev–Trinajstić information content (AvgIpc) is 2.18. The van der Waals surface area contributed by atoms with E-state index >= 15 is 0 Å². The molecule has 82 valence electrons. The molecule has 1 aromatic rings. The summed E-state index contributed by atoms with van der Waals surface area (Å²) in [6.07, 6.45) is -2.53. The van der Waals surface area contributed by atoms with Crippen molar-refractivity contribution in [3.05, 3.63) is 33.4 Å². The van der Waals surface area contributed by atoms with Crippen molar-refractivity contribution in [3.8, 4) is 0 Å². The van der Waals surface area contributed by atoms with Gasteiger partial charge in [-0.15, -0.1) is 0 Å². The molecule has 1 aromatic carbocycles. The monoisotopic (exact) mass is 326 g/mol. The molecule has 0 aliphatic carbocycles. The van der Waals surface area contributed by atoms with Crippen molar-refractivity contribution in [3.63, 3.8) is 0 Å². The normalized spacial score (nSPS) is 10.7. The molecule has 15 heavy (non-hydrogen) atoms. The minimum absolute atomic E-state index is 0.285. The predicted molar refractivity (Wildman–Crippen MR) is 60.3 cm³/mol. The molecule has 2 nitrogen and oxygen atoms in total. The van der Waals surface area contributed by atoms with Crippen LogP contribution in [-0.2, 0) is 4.74 Å². The van der Waals surface area contributed by atoms with Crippen LogP contribution in [0.25, 0.3) is 0 Å². The van der Waals surface area contributed by atoms with E-state index in [4.69, 9.17) is 0 Å². The molecule has 1 rings (SSSR count). The number of ether oxygens (including phenoxy) is 1. The number of rotatable bonds is 5. The van der Waals surface area contributed by atoms with Crippen molar-refractivity contribution in [1.29, 1.82) is 0 Å². The molecule has 0 atom stereocenters. The molecule has 0 spiro atoms. The van der Waals surface area contributed by atoms with Crippen LogP contribution < -0.4 is 0 Å². The molecule has 0 N–H and O–H groups in total. The molecule has 0 radical (unpaired) electrons. The summed E-state index contributed by atoms with van der Waals surface area (Å²) >= 11 is 2.12. The molecular weight excluding hydrogens is 317 g/mol. The van der Waals surface area contributed by atoms with Gasteiger partial charge in [0.25, 0.3) is 6.43 Å². The Morgan fingerprint density at radius 3 is 2.47 bits per heavy atom. The van der Waals surface area contributed by atoms with Crippen LogP contribution in [0.4, 0.5) is 8.78 Å². The molecule has 0 aliphatic rings. The SMILES string of the molecule is O=C(COCC(F)F)c1ccc(I)cc1. The zero-order valence-electron chi connectivity index (χ0n) is 7.75. The zero-order valence-corrected chi connectivity index (χ0v) is 9.91. The van der Waals surface area contributed by atoms with E-state index in [0.717, 1.165) is 3.57 Å². The molecule has 0 amide bonds. The van der Waals surface area contributed by atoms with E-state index in [-0.39, 0.29) is 12.4 Å². The highest BCUT2D eigenvalue weighted by Gasteiger charge is 2.08. The third-order valence-corrected chi connectivity index (χ3v) is 2.36. The fraction of sp³-hybridized carbons (Fsp3) is 0.300. The average molecular weight is 326 g/mol. The first-order chi connectivity index (χ1) is 7.09. The number of carbonyl (C=O) groups excluding carboxylic acids is 1. The fourth-order valence-electron chi connectivity index (χ4n) is 0.960. The topological polar surface area (TPSA) is 26.3 Å². The van der Waals surface area contributed by atoms with Crippen molar-refractivity contribution in [2.75, 3.05) is 13.2 Å². The number of alkyl halides is 2. The smallest absolute Gasteiger partial charge is 0.261 e. The summed E-state index contributed by atoms with van der Waals surface area (Å²) < 4.78 is 29.0. The second-order valence-corrected chi connectivity index (χ2v) is 4.08. The standard InChI is InChI=1S/C10H9F2IO2/c11-10(12)6-15-5-9(14)7-1-3-8(13)4-2-7/h1-4,10H,5-6H2. The maximum Gasteiger partial charge on any atom is 0.261 e. The quantitative estimate of drug-likeness (QED) is 0.614. The molecular formula is C10H9F2IO2. The lowest BCUT2D eigenvalue weighted by Gasteiger charge is -2.02. The Balaban J connectivity index is 2.43. The zero-order chi connectivity index (χ0) is 11.3. The van der Waals surface area contributed by atoms with Crippen LogP contribution in [0.1, 0.15) is 10.4 Å². The van der Waals surface area contributed by atoms with E-state index in [1.54, 1.807) is 24.3 Å². The maximum absolute atomic E-state index is 11.7. The Labute approximate surface area is 99.8 Å². The van der Waals surface area contributed by atoms with Gasteiger partial charge in [-0.2, -0.15) is 0 Å². The number of halogens is 3. The van der Waals surface area contributed by atoms with Gasteiger partial charge in [0.05, 0.1) is 0 Å². The van der Waals surface area contributed by atoms with Gasteiger partial charge in [0, 0.05) is 9.13 Å². The van der Waals surface area contributed by atoms with Crippen LogP contribution in [0, 0.1) is 3.57 Å². The van der Waals surface area contributed by atoms with E-state index in [2.05, 4.69) is 27.3 Å². The number of hydrogen-bond donors (Lipinski definition) is 0. The number of ketones is 1. The lowest BCUT2D eigenvalue weighted by molar-refractivity contribution is 0.0196. The first kappa shape index (κ1) is 12.5. The summed E-state index contributed by atoms with van der Waals surface area (Å²) in [4.78, 5) is 11.4. The van der Waals surface area contributed by atoms with Gasteiger partial charge in [-0.3, -0.25) is 4.79 Å². The highest BCUT2D eigenvalue weighted by molar-refractivity contribution is 14.1. The maximum atomic E-state index is 11.7. The lowest BCUT2D eigenvalue weighted by atomic mass is 10.1. The Hall–Kier alpha value is -0.560. The molecule has 0 unspecified atom stereocenters. The third kappa shape index (κ3) is 4.65. The number of hydrogen-bond acceptors (Lipinski definition) is 2. The Kier molecular flexibility index (Phi) is 5.10. The Morgan fingerprint density at radius 2 is 1.93 bits per heavy atom. The summed E-state index contributed by atoms with van der Waals surface area (Å²) in [6.45, 7) is -0.999. The highest BCUT2D eigenvalue weighted by atomic mass is 127. The van der Waals surface area contributed by atoms with Crippen LogP contribution in [0.2, 0.25) is 0 Å². The van der Waals surface area contributed by atoms with Gasteiger partial charge in [-0.1, -0.05) is 12.1 Å².